The van der Waals surface area contributed by atoms with Crippen molar-refractivity contribution < 1.29 is 0 Å². The molecule has 2 nitrogen and oxygen atoms in total. The predicted molar refractivity (Wildman–Crippen MR) is 83.8 cm³/mol. The fourth-order valence-corrected chi connectivity index (χ4v) is 2.79. The third-order valence-corrected chi connectivity index (χ3v) is 3.77. The highest BCUT2D eigenvalue weighted by atomic mass is 35.5. The molecular formula is C16H21ClN2. The molecule has 2 aromatic rings. The molecule has 0 saturated carbocycles. The Morgan fingerprint density at radius 1 is 1.42 bits per heavy atom. The lowest BCUT2D eigenvalue weighted by Crippen LogP contribution is -2.11. The van der Waals surface area contributed by atoms with E-state index in [-0.39, 0.29) is 0 Å². The zero-order valence-electron chi connectivity index (χ0n) is 11.4. The highest BCUT2D eigenvalue weighted by Gasteiger charge is 2.14. The monoisotopic (exact) mass is 276 g/mol. The van der Waals surface area contributed by atoms with Crippen LogP contribution >= 0.6 is 11.6 Å². The standard InChI is InChI=1S/C16H21ClN2/c1-3-5-12(8-9-18-4-2)15-11-19-16-10-13(17)6-7-14(15)16/h4,6-7,10-12,18-19H,2-3,5,8-9H2,1H3. The van der Waals surface area contributed by atoms with Crippen LogP contribution in [0.3, 0.4) is 0 Å². The topological polar surface area (TPSA) is 27.8 Å². The Kier molecular flexibility index (Phi) is 4.92. The number of rotatable bonds is 7. The minimum Gasteiger partial charge on any atom is -0.391 e. The van der Waals surface area contributed by atoms with Gasteiger partial charge in [-0.3, -0.25) is 0 Å². The van der Waals surface area contributed by atoms with E-state index in [4.69, 9.17) is 11.6 Å². The first-order valence-corrected chi connectivity index (χ1v) is 7.25. The van der Waals surface area contributed by atoms with E-state index in [1.54, 1.807) is 6.20 Å². The molecule has 1 atom stereocenters. The number of benzene rings is 1. The van der Waals surface area contributed by atoms with Crippen molar-refractivity contribution in [1.82, 2.24) is 10.3 Å². The van der Waals surface area contributed by atoms with Crippen molar-refractivity contribution in [1.29, 1.82) is 0 Å². The third-order valence-electron chi connectivity index (χ3n) is 3.53. The molecule has 0 aliphatic heterocycles. The lowest BCUT2D eigenvalue weighted by Gasteiger charge is -2.15. The average molecular weight is 277 g/mol. The van der Waals surface area contributed by atoms with Gasteiger partial charge in [0.2, 0.25) is 0 Å². The molecule has 0 radical (unpaired) electrons. The number of aromatic amines is 1. The minimum atomic E-state index is 0.576. The zero-order valence-corrected chi connectivity index (χ0v) is 12.1. The van der Waals surface area contributed by atoms with Crippen molar-refractivity contribution in [2.24, 2.45) is 0 Å². The van der Waals surface area contributed by atoms with E-state index in [1.807, 2.05) is 12.1 Å². The first-order valence-electron chi connectivity index (χ1n) is 6.87. The second-order valence-corrected chi connectivity index (χ2v) is 5.30. The summed E-state index contributed by atoms with van der Waals surface area (Å²) < 4.78 is 0. The van der Waals surface area contributed by atoms with Crippen LogP contribution in [0.5, 0.6) is 0 Å². The van der Waals surface area contributed by atoms with Crippen molar-refractivity contribution in [2.75, 3.05) is 6.54 Å². The van der Waals surface area contributed by atoms with Gasteiger partial charge in [-0.1, -0.05) is 37.6 Å². The molecule has 19 heavy (non-hydrogen) atoms. The number of fused-ring (bicyclic) bond motifs is 1. The zero-order chi connectivity index (χ0) is 13.7. The number of hydrogen-bond donors (Lipinski definition) is 2. The molecular weight excluding hydrogens is 256 g/mol. The molecule has 1 heterocycles. The molecule has 0 aliphatic carbocycles. The van der Waals surface area contributed by atoms with Crippen molar-refractivity contribution in [3.63, 3.8) is 0 Å². The molecule has 3 heteroatoms. The SMILES string of the molecule is C=CNCCC(CCC)c1c[nH]c2cc(Cl)ccc12. The van der Waals surface area contributed by atoms with Gasteiger partial charge in [-0.05, 0) is 42.7 Å². The summed E-state index contributed by atoms with van der Waals surface area (Å²) in [6.45, 7) is 6.90. The molecule has 0 saturated heterocycles. The van der Waals surface area contributed by atoms with Gasteiger partial charge in [0, 0.05) is 28.7 Å². The summed E-state index contributed by atoms with van der Waals surface area (Å²) in [5.41, 5.74) is 2.53. The molecule has 102 valence electrons. The van der Waals surface area contributed by atoms with Crippen LogP contribution in [0.25, 0.3) is 10.9 Å². The summed E-state index contributed by atoms with van der Waals surface area (Å²) in [4.78, 5) is 3.33. The van der Waals surface area contributed by atoms with E-state index >= 15 is 0 Å². The Morgan fingerprint density at radius 3 is 3.00 bits per heavy atom. The van der Waals surface area contributed by atoms with Gasteiger partial charge in [-0.15, -0.1) is 0 Å². The normalized spacial score (nSPS) is 12.5. The largest absolute Gasteiger partial charge is 0.391 e. The molecule has 1 aromatic carbocycles. The Balaban J connectivity index is 2.25. The highest BCUT2D eigenvalue weighted by Crippen LogP contribution is 2.32. The summed E-state index contributed by atoms with van der Waals surface area (Å²) >= 11 is 6.03. The van der Waals surface area contributed by atoms with E-state index in [1.165, 1.54) is 23.8 Å². The Morgan fingerprint density at radius 2 is 2.26 bits per heavy atom. The van der Waals surface area contributed by atoms with Crippen LogP contribution in [-0.2, 0) is 0 Å². The van der Waals surface area contributed by atoms with Crippen LogP contribution < -0.4 is 5.32 Å². The van der Waals surface area contributed by atoms with Crippen LogP contribution in [0, 0.1) is 0 Å². The number of hydrogen-bond acceptors (Lipinski definition) is 1. The van der Waals surface area contributed by atoms with Gasteiger partial charge in [0.25, 0.3) is 0 Å². The number of H-pyrrole nitrogens is 1. The van der Waals surface area contributed by atoms with Gasteiger partial charge < -0.3 is 10.3 Å². The fraction of sp³-hybridized carbons (Fsp3) is 0.375. The van der Waals surface area contributed by atoms with Gasteiger partial charge in [0.1, 0.15) is 0 Å². The minimum absolute atomic E-state index is 0.576. The molecule has 0 bridgehead atoms. The van der Waals surface area contributed by atoms with Crippen LogP contribution in [0.15, 0.2) is 37.2 Å². The molecule has 0 spiro atoms. The maximum absolute atomic E-state index is 6.03. The van der Waals surface area contributed by atoms with E-state index in [9.17, 15) is 0 Å². The summed E-state index contributed by atoms with van der Waals surface area (Å²) in [5.74, 6) is 0.576. The van der Waals surface area contributed by atoms with Crippen LogP contribution in [0.2, 0.25) is 5.02 Å². The van der Waals surface area contributed by atoms with Gasteiger partial charge in [0.05, 0.1) is 0 Å². The smallest absolute Gasteiger partial charge is 0.0471 e. The lowest BCUT2D eigenvalue weighted by atomic mass is 9.91. The Hall–Kier alpha value is -1.41. The van der Waals surface area contributed by atoms with E-state index in [0.717, 1.165) is 23.5 Å². The number of aromatic nitrogens is 1. The highest BCUT2D eigenvalue weighted by molar-refractivity contribution is 6.31. The number of nitrogens with one attached hydrogen (secondary N) is 2. The summed E-state index contributed by atoms with van der Waals surface area (Å²) in [7, 11) is 0. The predicted octanol–water partition coefficient (Wildman–Crippen LogP) is 4.83. The quantitative estimate of drug-likeness (QED) is 0.697. The average Bonchev–Trinajstić information content (AvgIpc) is 2.80. The summed E-state index contributed by atoms with van der Waals surface area (Å²) in [6.07, 6.45) is 7.41. The molecule has 1 aromatic heterocycles. The first kappa shape index (κ1) is 14.0. The van der Waals surface area contributed by atoms with E-state index in [2.05, 4.69) is 36.1 Å². The fourth-order valence-electron chi connectivity index (χ4n) is 2.62. The van der Waals surface area contributed by atoms with E-state index < -0.39 is 0 Å². The van der Waals surface area contributed by atoms with Crippen LogP contribution in [-0.4, -0.2) is 11.5 Å². The number of halogens is 1. The van der Waals surface area contributed by atoms with Crippen molar-refractivity contribution in [3.05, 3.63) is 47.8 Å². The maximum atomic E-state index is 6.03. The summed E-state index contributed by atoms with van der Waals surface area (Å²) in [6, 6.07) is 6.07. The molecule has 0 aliphatic rings. The Bertz CT molecular complexity index is 545. The lowest BCUT2D eigenvalue weighted by molar-refractivity contribution is 0.561. The molecule has 2 rings (SSSR count). The van der Waals surface area contributed by atoms with Crippen molar-refractivity contribution >= 4 is 22.5 Å². The first-order chi connectivity index (χ1) is 9.26. The second-order valence-electron chi connectivity index (χ2n) is 4.87. The molecule has 2 N–H and O–H groups in total. The van der Waals surface area contributed by atoms with Gasteiger partial charge in [-0.2, -0.15) is 0 Å². The molecule has 0 amide bonds. The van der Waals surface area contributed by atoms with Gasteiger partial charge in [0.15, 0.2) is 0 Å². The van der Waals surface area contributed by atoms with Crippen LogP contribution in [0.4, 0.5) is 0 Å². The Labute approximate surface area is 119 Å². The van der Waals surface area contributed by atoms with E-state index in [0.29, 0.717) is 5.92 Å². The van der Waals surface area contributed by atoms with Crippen LogP contribution in [0.1, 0.15) is 37.7 Å². The van der Waals surface area contributed by atoms with Gasteiger partial charge in [-0.25, -0.2) is 0 Å². The molecule has 0 fully saturated rings. The third kappa shape index (κ3) is 3.32. The second kappa shape index (κ2) is 6.67. The molecule has 1 unspecified atom stereocenters. The summed E-state index contributed by atoms with van der Waals surface area (Å²) in [5, 5.41) is 5.26. The van der Waals surface area contributed by atoms with Crippen molar-refractivity contribution in [3.8, 4) is 0 Å². The maximum Gasteiger partial charge on any atom is 0.0471 e. The van der Waals surface area contributed by atoms with Gasteiger partial charge >= 0.3 is 0 Å². The van der Waals surface area contributed by atoms with Crippen molar-refractivity contribution in [2.45, 2.75) is 32.1 Å².